The number of carbonyl (C=O) groups is 1. The number of hydrogen-bond donors (Lipinski definition) is 1. The van der Waals surface area contributed by atoms with Crippen molar-refractivity contribution in [2.24, 2.45) is 5.73 Å². The van der Waals surface area contributed by atoms with Crippen molar-refractivity contribution in [2.45, 2.75) is 38.6 Å². The standard InChI is InChI=1S/C16H20N4OS/c1-11-9-15(19-16(18-11)13-6-4-8-22-13)20-7-3-2-5-12(20)10-14(17)21/h4,6,8-9,12H,2-3,5,7,10H2,1H3,(H2,17,21). The highest BCUT2D eigenvalue weighted by Gasteiger charge is 2.25. The van der Waals surface area contributed by atoms with Crippen molar-refractivity contribution in [3.8, 4) is 10.7 Å². The van der Waals surface area contributed by atoms with E-state index in [4.69, 9.17) is 10.7 Å². The highest BCUT2D eigenvalue weighted by Crippen LogP contribution is 2.28. The van der Waals surface area contributed by atoms with Crippen LogP contribution in [0, 0.1) is 6.92 Å². The molecule has 0 spiro atoms. The Hall–Kier alpha value is -1.95. The van der Waals surface area contributed by atoms with E-state index in [1.54, 1.807) is 11.3 Å². The number of aryl methyl sites for hydroxylation is 1. The average molecular weight is 316 g/mol. The number of nitrogens with zero attached hydrogens (tertiary/aromatic N) is 3. The van der Waals surface area contributed by atoms with Crippen molar-refractivity contribution in [2.75, 3.05) is 11.4 Å². The maximum atomic E-state index is 11.3. The Balaban J connectivity index is 1.93. The minimum Gasteiger partial charge on any atom is -0.370 e. The van der Waals surface area contributed by atoms with E-state index in [9.17, 15) is 4.79 Å². The Bertz CT molecular complexity index is 656. The predicted octanol–water partition coefficient (Wildman–Crippen LogP) is 2.75. The first-order valence-electron chi connectivity index (χ1n) is 7.58. The topological polar surface area (TPSA) is 72.1 Å². The molecule has 116 valence electrons. The van der Waals surface area contributed by atoms with E-state index in [0.717, 1.165) is 48.0 Å². The largest absolute Gasteiger partial charge is 0.370 e. The molecule has 1 aliphatic heterocycles. The third kappa shape index (κ3) is 3.27. The molecule has 0 radical (unpaired) electrons. The molecule has 0 aromatic carbocycles. The van der Waals surface area contributed by atoms with Gasteiger partial charge in [0.25, 0.3) is 0 Å². The van der Waals surface area contributed by atoms with Crippen LogP contribution in [0.2, 0.25) is 0 Å². The smallest absolute Gasteiger partial charge is 0.219 e. The molecule has 2 N–H and O–H groups in total. The molecule has 6 heteroatoms. The zero-order chi connectivity index (χ0) is 15.5. The summed E-state index contributed by atoms with van der Waals surface area (Å²) in [6.45, 7) is 2.90. The SMILES string of the molecule is Cc1cc(N2CCCCC2CC(N)=O)nc(-c2cccs2)n1. The monoisotopic (exact) mass is 316 g/mol. The zero-order valence-corrected chi connectivity index (χ0v) is 13.5. The molecule has 1 unspecified atom stereocenters. The Morgan fingerprint density at radius 2 is 2.32 bits per heavy atom. The van der Waals surface area contributed by atoms with Gasteiger partial charge < -0.3 is 10.6 Å². The molecule has 1 amide bonds. The lowest BCUT2D eigenvalue weighted by Crippen LogP contribution is -2.42. The number of hydrogen-bond acceptors (Lipinski definition) is 5. The highest BCUT2D eigenvalue weighted by molar-refractivity contribution is 7.13. The summed E-state index contributed by atoms with van der Waals surface area (Å²) in [6.07, 6.45) is 3.63. The number of primary amides is 1. The van der Waals surface area contributed by atoms with E-state index in [-0.39, 0.29) is 11.9 Å². The second-order valence-corrected chi connectivity index (χ2v) is 6.63. The quantitative estimate of drug-likeness (QED) is 0.941. The number of thiophene rings is 1. The van der Waals surface area contributed by atoms with Crippen LogP contribution in [-0.4, -0.2) is 28.5 Å². The molecule has 1 aliphatic rings. The highest BCUT2D eigenvalue weighted by atomic mass is 32.1. The van der Waals surface area contributed by atoms with Gasteiger partial charge in [-0.15, -0.1) is 11.3 Å². The maximum absolute atomic E-state index is 11.3. The fraction of sp³-hybridized carbons (Fsp3) is 0.438. The number of rotatable bonds is 4. The fourth-order valence-corrected chi connectivity index (χ4v) is 3.62. The van der Waals surface area contributed by atoms with Crippen LogP contribution in [0.1, 0.15) is 31.4 Å². The zero-order valence-electron chi connectivity index (χ0n) is 12.7. The molecule has 3 rings (SSSR count). The van der Waals surface area contributed by atoms with Crippen molar-refractivity contribution in [3.05, 3.63) is 29.3 Å². The van der Waals surface area contributed by atoms with E-state index in [1.165, 1.54) is 0 Å². The second-order valence-electron chi connectivity index (χ2n) is 5.68. The third-order valence-corrected chi connectivity index (χ3v) is 4.81. The summed E-state index contributed by atoms with van der Waals surface area (Å²) in [5.41, 5.74) is 6.35. The predicted molar refractivity (Wildman–Crippen MR) is 88.9 cm³/mol. The average Bonchev–Trinajstić information content (AvgIpc) is 3.01. The molecule has 2 aromatic rings. The molecule has 22 heavy (non-hydrogen) atoms. The maximum Gasteiger partial charge on any atom is 0.219 e. The van der Waals surface area contributed by atoms with Gasteiger partial charge >= 0.3 is 0 Å². The van der Waals surface area contributed by atoms with Crippen molar-refractivity contribution in [1.29, 1.82) is 0 Å². The first kappa shape index (κ1) is 15.0. The Labute approximate surface area is 134 Å². The van der Waals surface area contributed by atoms with Gasteiger partial charge in [0.1, 0.15) is 5.82 Å². The van der Waals surface area contributed by atoms with E-state index >= 15 is 0 Å². The molecule has 1 atom stereocenters. The number of piperidine rings is 1. The van der Waals surface area contributed by atoms with Crippen LogP contribution in [0.4, 0.5) is 5.82 Å². The van der Waals surface area contributed by atoms with Crippen LogP contribution in [0.25, 0.3) is 10.7 Å². The molecular weight excluding hydrogens is 296 g/mol. The van der Waals surface area contributed by atoms with E-state index in [1.807, 2.05) is 30.5 Å². The van der Waals surface area contributed by atoms with Crippen LogP contribution in [0.15, 0.2) is 23.6 Å². The Kier molecular flexibility index (Phi) is 4.38. The molecular formula is C16H20N4OS. The molecule has 1 fully saturated rings. The lowest BCUT2D eigenvalue weighted by Gasteiger charge is -2.36. The molecule has 0 bridgehead atoms. The molecule has 3 heterocycles. The van der Waals surface area contributed by atoms with Crippen LogP contribution in [-0.2, 0) is 4.79 Å². The second kappa shape index (κ2) is 6.44. The van der Waals surface area contributed by atoms with Crippen molar-refractivity contribution in [1.82, 2.24) is 9.97 Å². The molecule has 0 saturated carbocycles. The van der Waals surface area contributed by atoms with Crippen LogP contribution < -0.4 is 10.6 Å². The van der Waals surface area contributed by atoms with E-state index in [2.05, 4.69) is 9.88 Å². The minimum absolute atomic E-state index is 0.150. The summed E-state index contributed by atoms with van der Waals surface area (Å²) < 4.78 is 0. The van der Waals surface area contributed by atoms with Gasteiger partial charge in [-0.2, -0.15) is 0 Å². The normalized spacial score (nSPS) is 18.4. The van der Waals surface area contributed by atoms with Gasteiger partial charge in [-0.05, 0) is 37.6 Å². The summed E-state index contributed by atoms with van der Waals surface area (Å²) in [4.78, 5) is 23.9. The summed E-state index contributed by atoms with van der Waals surface area (Å²) in [5, 5.41) is 2.03. The summed E-state index contributed by atoms with van der Waals surface area (Å²) >= 11 is 1.63. The number of carbonyl (C=O) groups excluding carboxylic acids is 1. The number of aromatic nitrogens is 2. The summed E-state index contributed by atoms with van der Waals surface area (Å²) in [6, 6.07) is 6.18. The Morgan fingerprint density at radius 3 is 3.05 bits per heavy atom. The van der Waals surface area contributed by atoms with Crippen molar-refractivity contribution >= 4 is 23.1 Å². The first-order chi connectivity index (χ1) is 10.6. The van der Waals surface area contributed by atoms with Crippen molar-refractivity contribution < 1.29 is 4.79 Å². The molecule has 1 saturated heterocycles. The van der Waals surface area contributed by atoms with Crippen LogP contribution >= 0.6 is 11.3 Å². The van der Waals surface area contributed by atoms with E-state index < -0.39 is 0 Å². The molecule has 0 aliphatic carbocycles. The number of amides is 1. The Morgan fingerprint density at radius 1 is 1.45 bits per heavy atom. The van der Waals surface area contributed by atoms with Gasteiger partial charge in [0, 0.05) is 30.8 Å². The number of anilines is 1. The van der Waals surface area contributed by atoms with Crippen LogP contribution in [0.5, 0.6) is 0 Å². The van der Waals surface area contributed by atoms with Crippen molar-refractivity contribution in [3.63, 3.8) is 0 Å². The van der Waals surface area contributed by atoms with Gasteiger partial charge in [0.2, 0.25) is 5.91 Å². The minimum atomic E-state index is -0.249. The van der Waals surface area contributed by atoms with Gasteiger partial charge in [0.05, 0.1) is 4.88 Å². The number of nitrogens with two attached hydrogens (primary N) is 1. The van der Waals surface area contributed by atoms with Gasteiger partial charge in [0.15, 0.2) is 5.82 Å². The van der Waals surface area contributed by atoms with Gasteiger partial charge in [-0.3, -0.25) is 4.79 Å². The lowest BCUT2D eigenvalue weighted by atomic mass is 9.99. The summed E-state index contributed by atoms with van der Waals surface area (Å²) in [5.74, 6) is 1.41. The lowest BCUT2D eigenvalue weighted by molar-refractivity contribution is -0.118. The molecule has 2 aromatic heterocycles. The summed E-state index contributed by atoms with van der Waals surface area (Å²) in [7, 11) is 0. The van der Waals surface area contributed by atoms with Gasteiger partial charge in [-0.25, -0.2) is 9.97 Å². The fourth-order valence-electron chi connectivity index (χ4n) is 2.96. The molecule has 5 nitrogen and oxygen atoms in total. The van der Waals surface area contributed by atoms with E-state index in [0.29, 0.717) is 6.42 Å². The third-order valence-electron chi connectivity index (χ3n) is 3.94. The first-order valence-corrected chi connectivity index (χ1v) is 8.46. The van der Waals surface area contributed by atoms with Gasteiger partial charge in [-0.1, -0.05) is 6.07 Å². The van der Waals surface area contributed by atoms with Crippen LogP contribution in [0.3, 0.4) is 0 Å².